The first-order chi connectivity index (χ1) is 13.7. The smallest absolute Gasteiger partial charge is 0.251 e. The first kappa shape index (κ1) is 18.4. The first-order valence-corrected chi connectivity index (χ1v) is 9.71. The molecule has 1 heterocycles. The molecule has 3 aromatic rings. The number of hydrogen-bond acceptors (Lipinski definition) is 5. The molecule has 4 rings (SSSR count). The molecule has 1 saturated carbocycles. The van der Waals surface area contributed by atoms with Gasteiger partial charge in [0.15, 0.2) is 0 Å². The van der Waals surface area contributed by atoms with Crippen LogP contribution in [-0.2, 0) is 6.54 Å². The highest BCUT2D eigenvalue weighted by molar-refractivity contribution is 5.97. The van der Waals surface area contributed by atoms with E-state index in [9.17, 15) is 9.90 Å². The number of hydrogen-bond donors (Lipinski definition) is 3. The van der Waals surface area contributed by atoms with Crippen LogP contribution >= 0.6 is 0 Å². The van der Waals surface area contributed by atoms with Crippen molar-refractivity contribution in [1.82, 2.24) is 15.3 Å². The molecule has 0 aliphatic heterocycles. The van der Waals surface area contributed by atoms with E-state index in [2.05, 4.69) is 20.6 Å². The van der Waals surface area contributed by atoms with E-state index in [0.717, 1.165) is 42.1 Å². The summed E-state index contributed by atoms with van der Waals surface area (Å²) in [5, 5.41) is 16.8. The van der Waals surface area contributed by atoms with E-state index in [1.165, 1.54) is 0 Å². The van der Waals surface area contributed by atoms with E-state index >= 15 is 0 Å². The number of nitrogens with zero attached hydrogens (tertiary/aromatic N) is 2. The van der Waals surface area contributed by atoms with E-state index < -0.39 is 0 Å². The summed E-state index contributed by atoms with van der Waals surface area (Å²) >= 11 is 0. The van der Waals surface area contributed by atoms with E-state index in [0.29, 0.717) is 18.1 Å². The minimum atomic E-state index is -0.187. The summed E-state index contributed by atoms with van der Waals surface area (Å²) in [6.07, 6.45) is 5.00. The molecule has 28 heavy (non-hydrogen) atoms. The van der Waals surface area contributed by atoms with Gasteiger partial charge in [0.2, 0.25) is 5.95 Å². The number of carbonyl (C=O) groups is 1. The van der Waals surface area contributed by atoms with Crippen LogP contribution in [0.5, 0.6) is 0 Å². The SMILES string of the molecule is O=C(NCc1ccccc1)c1ccc2cnc(N[C@H]3CC[C@H](O)CC3)nc2c1. The van der Waals surface area contributed by atoms with Gasteiger partial charge in [-0.25, -0.2) is 9.97 Å². The van der Waals surface area contributed by atoms with Crippen molar-refractivity contribution < 1.29 is 9.90 Å². The van der Waals surface area contributed by atoms with Gasteiger partial charge in [0.1, 0.15) is 0 Å². The summed E-state index contributed by atoms with van der Waals surface area (Å²) in [6, 6.07) is 15.6. The van der Waals surface area contributed by atoms with Crippen molar-refractivity contribution in [2.24, 2.45) is 0 Å². The lowest BCUT2D eigenvalue weighted by atomic mass is 9.93. The maximum absolute atomic E-state index is 12.5. The van der Waals surface area contributed by atoms with Gasteiger partial charge >= 0.3 is 0 Å². The van der Waals surface area contributed by atoms with Crippen LogP contribution in [0.3, 0.4) is 0 Å². The number of rotatable bonds is 5. The van der Waals surface area contributed by atoms with E-state index in [1.807, 2.05) is 36.4 Å². The lowest BCUT2D eigenvalue weighted by Crippen LogP contribution is -2.28. The standard InChI is InChI=1S/C22H24N4O2/c27-19-10-8-18(9-11-19)25-22-24-14-17-7-6-16(12-20(17)26-22)21(28)23-13-15-4-2-1-3-5-15/h1-7,12,14,18-19,27H,8-11,13H2,(H,23,28)(H,24,25,26)/t18-,19-. The second kappa shape index (κ2) is 8.35. The van der Waals surface area contributed by atoms with Crippen LogP contribution in [0.2, 0.25) is 0 Å². The Morgan fingerprint density at radius 2 is 1.86 bits per heavy atom. The van der Waals surface area contributed by atoms with Crippen molar-refractivity contribution in [3.05, 3.63) is 65.9 Å². The molecule has 1 amide bonds. The van der Waals surface area contributed by atoms with Gasteiger partial charge in [-0.15, -0.1) is 0 Å². The normalized spacial score (nSPS) is 19.3. The monoisotopic (exact) mass is 376 g/mol. The van der Waals surface area contributed by atoms with E-state index in [4.69, 9.17) is 0 Å². The van der Waals surface area contributed by atoms with Crippen LogP contribution in [0.1, 0.15) is 41.6 Å². The Labute approximate surface area is 164 Å². The average molecular weight is 376 g/mol. The van der Waals surface area contributed by atoms with Crippen LogP contribution in [0.25, 0.3) is 10.9 Å². The molecule has 1 aliphatic rings. The molecule has 6 nitrogen and oxygen atoms in total. The lowest BCUT2D eigenvalue weighted by molar-refractivity contribution is 0.0951. The molecule has 0 atom stereocenters. The quantitative estimate of drug-likeness (QED) is 0.636. The predicted octanol–water partition coefficient (Wildman–Crippen LogP) is 3.28. The highest BCUT2D eigenvalue weighted by Crippen LogP contribution is 2.22. The fraction of sp³-hybridized carbons (Fsp3) is 0.318. The fourth-order valence-electron chi connectivity index (χ4n) is 3.52. The van der Waals surface area contributed by atoms with Gasteiger partial charge in [-0.2, -0.15) is 0 Å². The zero-order valence-electron chi connectivity index (χ0n) is 15.6. The highest BCUT2D eigenvalue weighted by atomic mass is 16.3. The van der Waals surface area contributed by atoms with Crippen molar-refractivity contribution in [2.45, 2.75) is 44.4 Å². The fourth-order valence-corrected chi connectivity index (χ4v) is 3.52. The molecule has 6 heteroatoms. The lowest BCUT2D eigenvalue weighted by Gasteiger charge is -2.26. The van der Waals surface area contributed by atoms with Crippen molar-refractivity contribution in [1.29, 1.82) is 0 Å². The minimum Gasteiger partial charge on any atom is -0.393 e. The van der Waals surface area contributed by atoms with Gasteiger partial charge in [0.25, 0.3) is 5.91 Å². The number of aliphatic hydroxyl groups is 1. The molecule has 1 fully saturated rings. The van der Waals surface area contributed by atoms with Gasteiger partial charge in [-0.05, 0) is 43.4 Å². The van der Waals surface area contributed by atoms with Gasteiger partial charge < -0.3 is 15.7 Å². The molecule has 0 radical (unpaired) electrons. The number of carbonyl (C=O) groups excluding carboxylic acids is 1. The summed E-state index contributed by atoms with van der Waals surface area (Å²) in [5.74, 6) is 0.441. The molecule has 2 aromatic carbocycles. The number of aromatic nitrogens is 2. The van der Waals surface area contributed by atoms with Crippen molar-refractivity contribution in [3.63, 3.8) is 0 Å². The van der Waals surface area contributed by atoms with Crippen LogP contribution in [0, 0.1) is 0 Å². The third-order valence-corrected chi connectivity index (χ3v) is 5.17. The van der Waals surface area contributed by atoms with Crippen LogP contribution < -0.4 is 10.6 Å². The second-order valence-corrected chi connectivity index (χ2v) is 7.29. The van der Waals surface area contributed by atoms with Crippen molar-refractivity contribution in [3.8, 4) is 0 Å². The maximum atomic E-state index is 12.5. The molecule has 144 valence electrons. The summed E-state index contributed by atoms with van der Waals surface area (Å²) in [5.41, 5.74) is 2.37. The number of benzene rings is 2. The Hall–Kier alpha value is -2.99. The molecule has 0 saturated heterocycles. The molecule has 1 aromatic heterocycles. The molecular weight excluding hydrogens is 352 g/mol. The van der Waals surface area contributed by atoms with Gasteiger partial charge in [0, 0.05) is 29.7 Å². The number of nitrogens with one attached hydrogen (secondary N) is 2. The molecule has 0 bridgehead atoms. The average Bonchev–Trinajstić information content (AvgIpc) is 2.74. The summed E-state index contributed by atoms with van der Waals surface area (Å²) in [6.45, 7) is 0.488. The zero-order valence-corrected chi connectivity index (χ0v) is 15.6. The molecule has 3 N–H and O–H groups in total. The largest absolute Gasteiger partial charge is 0.393 e. The van der Waals surface area contributed by atoms with Gasteiger partial charge in [0.05, 0.1) is 11.6 Å². The second-order valence-electron chi connectivity index (χ2n) is 7.29. The number of aliphatic hydroxyl groups excluding tert-OH is 1. The van der Waals surface area contributed by atoms with Crippen molar-refractivity contribution >= 4 is 22.8 Å². The molecule has 0 spiro atoms. The maximum Gasteiger partial charge on any atom is 0.251 e. The number of anilines is 1. The predicted molar refractivity (Wildman–Crippen MR) is 109 cm³/mol. The summed E-state index contributed by atoms with van der Waals surface area (Å²) in [4.78, 5) is 21.5. The number of amides is 1. The van der Waals surface area contributed by atoms with E-state index in [-0.39, 0.29) is 18.1 Å². The third kappa shape index (κ3) is 4.46. The highest BCUT2D eigenvalue weighted by Gasteiger charge is 2.20. The van der Waals surface area contributed by atoms with Crippen LogP contribution in [0.4, 0.5) is 5.95 Å². The Bertz CT molecular complexity index is 953. The Morgan fingerprint density at radius 1 is 1.07 bits per heavy atom. The topological polar surface area (TPSA) is 87.1 Å². The molecule has 0 unspecified atom stereocenters. The molecule has 1 aliphatic carbocycles. The Balaban J connectivity index is 1.45. The minimum absolute atomic E-state index is 0.125. The summed E-state index contributed by atoms with van der Waals surface area (Å²) in [7, 11) is 0. The van der Waals surface area contributed by atoms with Crippen LogP contribution in [-0.4, -0.2) is 33.1 Å². The van der Waals surface area contributed by atoms with Gasteiger partial charge in [-0.3, -0.25) is 4.79 Å². The Kier molecular flexibility index (Phi) is 5.48. The van der Waals surface area contributed by atoms with Crippen molar-refractivity contribution in [2.75, 3.05) is 5.32 Å². The third-order valence-electron chi connectivity index (χ3n) is 5.17. The first-order valence-electron chi connectivity index (χ1n) is 9.71. The zero-order chi connectivity index (χ0) is 19.3. The molecular formula is C22H24N4O2. The Morgan fingerprint density at radius 3 is 2.64 bits per heavy atom. The van der Waals surface area contributed by atoms with Gasteiger partial charge in [-0.1, -0.05) is 36.4 Å². The summed E-state index contributed by atoms with van der Waals surface area (Å²) < 4.78 is 0. The van der Waals surface area contributed by atoms with E-state index in [1.54, 1.807) is 18.3 Å². The van der Waals surface area contributed by atoms with Crippen LogP contribution in [0.15, 0.2) is 54.7 Å². The number of fused-ring (bicyclic) bond motifs is 1.